The van der Waals surface area contributed by atoms with Crippen LogP contribution in [0.25, 0.3) is 0 Å². The van der Waals surface area contributed by atoms with Crippen molar-refractivity contribution in [3.63, 3.8) is 0 Å². The normalized spacial score (nSPS) is 17.8. The monoisotopic (exact) mass is 567 g/mol. The number of anilines is 2. The third kappa shape index (κ3) is 5.04. The summed E-state index contributed by atoms with van der Waals surface area (Å²) in [5, 5.41) is 2.91. The Morgan fingerprint density at radius 1 is 0.878 bits per heavy atom. The van der Waals surface area contributed by atoms with Crippen molar-refractivity contribution in [2.45, 2.75) is 36.9 Å². The highest BCUT2D eigenvalue weighted by molar-refractivity contribution is 7.92. The van der Waals surface area contributed by atoms with Gasteiger partial charge < -0.3 is 15.0 Å². The van der Waals surface area contributed by atoms with E-state index < -0.39 is 16.1 Å². The molecule has 1 N–H and O–H groups in total. The number of fused-ring (bicyclic) bond motifs is 2. The summed E-state index contributed by atoms with van der Waals surface area (Å²) in [6.07, 6.45) is -0.411. The lowest BCUT2D eigenvalue weighted by molar-refractivity contribution is -0.128. The lowest BCUT2D eigenvalue weighted by Crippen LogP contribution is -2.50. The summed E-state index contributed by atoms with van der Waals surface area (Å²) in [5.41, 5.74) is 3.29. The molecule has 0 saturated carbocycles. The van der Waals surface area contributed by atoms with E-state index in [1.807, 2.05) is 43.3 Å². The van der Waals surface area contributed by atoms with Crippen molar-refractivity contribution < 1.29 is 22.7 Å². The number of nitrogens with zero attached hydrogens (tertiary/aromatic N) is 2. The standard InChI is InChI=1S/C32H29N3O5S/c1-22-18-25-19-24(16-17-27(25)35(22)41(38,39)26-12-6-3-7-13-26)32(37)34-21-30(40-29-15-9-8-14-28(29)34)31(36)33-20-23-10-4-2-5-11-23/h2-17,19,22,30H,18,20-21H2,1H3,(H,33,36)/t22-,30+/m0/s1. The van der Waals surface area contributed by atoms with Gasteiger partial charge in [0, 0.05) is 18.2 Å². The van der Waals surface area contributed by atoms with Crippen LogP contribution in [0.3, 0.4) is 0 Å². The Hall–Kier alpha value is -4.63. The van der Waals surface area contributed by atoms with Crippen LogP contribution < -0.4 is 19.3 Å². The molecule has 4 aromatic carbocycles. The molecule has 0 aliphatic carbocycles. The highest BCUT2D eigenvalue weighted by atomic mass is 32.2. The van der Waals surface area contributed by atoms with Gasteiger partial charge in [0.1, 0.15) is 5.75 Å². The fourth-order valence-electron chi connectivity index (χ4n) is 5.43. The number of benzene rings is 4. The number of sulfonamides is 1. The van der Waals surface area contributed by atoms with Gasteiger partial charge in [-0.3, -0.25) is 13.9 Å². The average molecular weight is 568 g/mol. The fraction of sp³-hybridized carbons (Fsp3) is 0.188. The Balaban J connectivity index is 1.26. The van der Waals surface area contributed by atoms with Crippen LogP contribution in [0.2, 0.25) is 0 Å². The second-order valence-electron chi connectivity index (χ2n) is 10.2. The lowest BCUT2D eigenvalue weighted by Gasteiger charge is -2.34. The minimum atomic E-state index is -3.76. The predicted octanol–water partition coefficient (Wildman–Crippen LogP) is 4.55. The maximum atomic E-state index is 13.9. The molecule has 2 aliphatic rings. The number of carbonyl (C=O) groups excluding carboxylic acids is 2. The molecule has 0 bridgehead atoms. The number of carbonyl (C=O) groups is 2. The van der Waals surface area contributed by atoms with Crippen molar-refractivity contribution in [1.82, 2.24) is 5.32 Å². The number of hydrogen-bond donors (Lipinski definition) is 1. The van der Waals surface area contributed by atoms with E-state index in [-0.39, 0.29) is 29.3 Å². The van der Waals surface area contributed by atoms with Crippen molar-refractivity contribution in [2.75, 3.05) is 15.7 Å². The third-order valence-corrected chi connectivity index (χ3v) is 9.34. The van der Waals surface area contributed by atoms with Crippen LogP contribution in [-0.4, -0.2) is 38.9 Å². The van der Waals surface area contributed by atoms with Crippen LogP contribution in [0.15, 0.2) is 108 Å². The van der Waals surface area contributed by atoms with Crippen LogP contribution in [-0.2, 0) is 27.8 Å². The highest BCUT2D eigenvalue weighted by Crippen LogP contribution is 2.39. The summed E-state index contributed by atoms with van der Waals surface area (Å²) in [6, 6.07) is 29.9. The lowest BCUT2D eigenvalue weighted by atomic mass is 10.0. The van der Waals surface area contributed by atoms with Gasteiger partial charge in [0.2, 0.25) is 0 Å². The van der Waals surface area contributed by atoms with Crippen molar-refractivity contribution >= 4 is 33.2 Å². The first-order valence-corrected chi connectivity index (χ1v) is 14.9. The molecule has 0 radical (unpaired) electrons. The largest absolute Gasteiger partial charge is 0.477 e. The molecule has 6 rings (SSSR count). The second-order valence-corrected chi connectivity index (χ2v) is 12.0. The van der Waals surface area contributed by atoms with E-state index in [0.29, 0.717) is 35.7 Å². The van der Waals surface area contributed by atoms with Gasteiger partial charge in [-0.25, -0.2) is 8.42 Å². The van der Waals surface area contributed by atoms with E-state index in [4.69, 9.17) is 4.74 Å². The highest BCUT2D eigenvalue weighted by Gasteiger charge is 2.38. The third-order valence-electron chi connectivity index (χ3n) is 7.40. The molecule has 4 aromatic rings. The van der Waals surface area contributed by atoms with Crippen LogP contribution in [0.4, 0.5) is 11.4 Å². The molecule has 8 nitrogen and oxygen atoms in total. The number of amides is 2. The number of nitrogens with one attached hydrogen (secondary N) is 1. The number of rotatable bonds is 6. The molecule has 0 fully saturated rings. The zero-order chi connectivity index (χ0) is 28.6. The summed E-state index contributed by atoms with van der Waals surface area (Å²) in [7, 11) is -3.76. The average Bonchev–Trinajstić information content (AvgIpc) is 3.35. The Kier molecular flexibility index (Phi) is 6.96. The van der Waals surface area contributed by atoms with E-state index in [0.717, 1.165) is 11.1 Å². The molecule has 9 heteroatoms. The van der Waals surface area contributed by atoms with Gasteiger partial charge in [0.15, 0.2) is 6.10 Å². The Labute approximate surface area is 239 Å². The minimum absolute atomic E-state index is 0.0401. The fourth-order valence-corrected chi connectivity index (χ4v) is 7.14. The topological polar surface area (TPSA) is 96.0 Å². The number of ether oxygens (including phenoxy) is 1. The summed E-state index contributed by atoms with van der Waals surface area (Å²) in [6.45, 7) is 2.25. The molecule has 2 amide bonds. The predicted molar refractivity (Wildman–Crippen MR) is 157 cm³/mol. The Morgan fingerprint density at radius 3 is 2.32 bits per heavy atom. The summed E-state index contributed by atoms with van der Waals surface area (Å²) < 4.78 is 34.3. The van der Waals surface area contributed by atoms with E-state index in [1.165, 1.54) is 4.31 Å². The molecule has 208 valence electrons. The quantitative estimate of drug-likeness (QED) is 0.369. The van der Waals surface area contributed by atoms with Crippen molar-refractivity contribution in [1.29, 1.82) is 0 Å². The molecule has 2 heterocycles. The molecule has 2 aliphatic heterocycles. The van der Waals surface area contributed by atoms with Crippen LogP contribution in [0.5, 0.6) is 5.75 Å². The van der Waals surface area contributed by atoms with Crippen LogP contribution in [0, 0.1) is 0 Å². The van der Waals surface area contributed by atoms with E-state index in [9.17, 15) is 18.0 Å². The van der Waals surface area contributed by atoms with E-state index in [1.54, 1.807) is 71.6 Å². The maximum Gasteiger partial charge on any atom is 0.264 e. The molecule has 0 spiro atoms. The molecular formula is C32H29N3O5S. The minimum Gasteiger partial charge on any atom is -0.477 e. The van der Waals surface area contributed by atoms with Gasteiger partial charge in [-0.1, -0.05) is 60.7 Å². The number of hydrogen-bond acceptors (Lipinski definition) is 5. The first-order valence-electron chi connectivity index (χ1n) is 13.4. The van der Waals surface area contributed by atoms with Gasteiger partial charge in [-0.15, -0.1) is 0 Å². The molecule has 2 atom stereocenters. The Bertz CT molecular complexity index is 1710. The molecule has 41 heavy (non-hydrogen) atoms. The van der Waals surface area contributed by atoms with Crippen LogP contribution >= 0.6 is 0 Å². The first-order chi connectivity index (χ1) is 19.8. The molecule has 0 saturated heterocycles. The second kappa shape index (κ2) is 10.7. The van der Waals surface area contributed by atoms with Crippen molar-refractivity contribution in [3.8, 4) is 5.75 Å². The first kappa shape index (κ1) is 26.6. The van der Waals surface area contributed by atoms with Gasteiger partial charge in [-0.2, -0.15) is 0 Å². The van der Waals surface area contributed by atoms with Gasteiger partial charge in [0.25, 0.3) is 21.8 Å². The van der Waals surface area contributed by atoms with Crippen molar-refractivity contribution in [2.24, 2.45) is 0 Å². The van der Waals surface area contributed by atoms with Gasteiger partial charge in [-0.05, 0) is 66.9 Å². The SMILES string of the molecule is C[C@H]1Cc2cc(C(=O)N3C[C@H](C(=O)NCc4ccccc4)Oc4ccccc43)ccc2N1S(=O)(=O)c1ccccc1. The van der Waals surface area contributed by atoms with Gasteiger partial charge in [0.05, 0.1) is 22.8 Å². The zero-order valence-corrected chi connectivity index (χ0v) is 23.3. The summed E-state index contributed by atoms with van der Waals surface area (Å²) >= 11 is 0. The summed E-state index contributed by atoms with van der Waals surface area (Å²) in [4.78, 5) is 28.8. The molecule has 0 unspecified atom stereocenters. The smallest absolute Gasteiger partial charge is 0.264 e. The van der Waals surface area contributed by atoms with E-state index >= 15 is 0 Å². The summed E-state index contributed by atoms with van der Waals surface area (Å²) in [5.74, 6) is -0.158. The maximum absolute atomic E-state index is 13.9. The molecular weight excluding hydrogens is 538 g/mol. The molecule has 0 aromatic heterocycles. The van der Waals surface area contributed by atoms with Crippen LogP contribution in [0.1, 0.15) is 28.4 Å². The Morgan fingerprint density at radius 2 is 1.56 bits per heavy atom. The van der Waals surface area contributed by atoms with Crippen molar-refractivity contribution in [3.05, 3.63) is 120 Å². The number of para-hydroxylation sites is 2. The van der Waals surface area contributed by atoms with Gasteiger partial charge >= 0.3 is 0 Å². The van der Waals surface area contributed by atoms with E-state index in [2.05, 4.69) is 5.32 Å². The zero-order valence-electron chi connectivity index (χ0n) is 22.4.